The quantitative estimate of drug-likeness (QED) is 0.453. The standard InChI is InChI=1S/C30H28N2O2/c33-30-15-22-21-11-10-18-4-1-2-6-20(18)26(21)31-27(22)28-29(30)12-13-32(16-17-8-9-17)24(30)14-19-5-3-7-23(34-28)25(19)29/h1-7,10-11,17,24,28,31,33H,8-9,12-16H2/t24-,28+,29+,30-/m1/s1. The summed E-state index contributed by atoms with van der Waals surface area (Å²) in [6, 6.07) is 19.8. The van der Waals surface area contributed by atoms with Gasteiger partial charge in [0.15, 0.2) is 6.10 Å². The maximum atomic E-state index is 12.9. The van der Waals surface area contributed by atoms with Gasteiger partial charge in [-0.1, -0.05) is 48.5 Å². The van der Waals surface area contributed by atoms with Gasteiger partial charge in [0.2, 0.25) is 0 Å². The molecule has 2 aliphatic heterocycles. The van der Waals surface area contributed by atoms with Crippen molar-refractivity contribution in [2.45, 2.75) is 55.3 Å². The van der Waals surface area contributed by atoms with Gasteiger partial charge in [0.05, 0.1) is 22.2 Å². The van der Waals surface area contributed by atoms with Gasteiger partial charge in [0.1, 0.15) is 5.75 Å². The van der Waals surface area contributed by atoms with Crippen LogP contribution in [0.4, 0.5) is 0 Å². The fourth-order valence-corrected chi connectivity index (χ4v) is 8.34. The molecular formula is C30H28N2O2. The summed E-state index contributed by atoms with van der Waals surface area (Å²) in [7, 11) is 0. The van der Waals surface area contributed by atoms with E-state index in [2.05, 4.69) is 64.5 Å². The molecule has 4 atom stereocenters. The SMILES string of the molecule is O[C@@]12Cc3c([nH]c4c3ccc3ccccc34)[C@@H]3Oc4cccc5c4[C@@]31CCN(CC1CC1)[C@@H]2C5. The topological polar surface area (TPSA) is 48.5 Å². The number of hydrogen-bond acceptors (Lipinski definition) is 3. The van der Waals surface area contributed by atoms with Crippen molar-refractivity contribution in [1.82, 2.24) is 9.88 Å². The molecule has 4 heteroatoms. The average molecular weight is 449 g/mol. The van der Waals surface area contributed by atoms with E-state index >= 15 is 0 Å². The Kier molecular flexibility index (Phi) is 3.19. The third-order valence-electron chi connectivity index (χ3n) is 9.96. The Labute approximate surface area is 198 Å². The van der Waals surface area contributed by atoms with Gasteiger partial charge in [-0.15, -0.1) is 0 Å². The highest BCUT2D eigenvalue weighted by Gasteiger charge is 2.72. The van der Waals surface area contributed by atoms with Crippen LogP contribution >= 0.6 is 0 Å². The third kappa shape index (κ3) is 1.98. The van der Waals surface area contributed by atoms with E-state index in [0.29, 0.717) is 6.42 Å². The van der Waals surface area contributed by atoms with Gasteiger partial charge in [0, 0.05) is 35.3 Å². The van der Waals surface area contributed by atoms with E-state index in [9.17, 15) is 5.11 Å². The summed E-state index contributed by atoms with van der Waals surface area (Å²) in [5.41, 5.74) is 5.14. The second kappa shape index (κ2) is 5.87. The van der Waals surface area contributed by atoms with Crippen LogP contribution < -0.4 is 4.74 Å². The molecule has 0 amide bonds. The van der Waals surface area contributed by atoms with Gasteiger partial charge in [-0.25, -0.2) is 0 Å². The second-order valence-corrected chi connectivity index (χ2v) is 11.5. The second-order valence-electron chi connectivity index (χ2n) is 11.5. The van der Waals surface area contributed by atoms with Crippen molar-refractivity contribution >= 4 is 21.7 Å². The van der Waals surface area contributed by atoms with Gasteiger partial charge in [0.25, 0.3) is 0 Å². The normalized spacial score (nSPS) is 33.1. The van der Waals surface area contributed by atoms with Crippen LogP contribution in [0.1, 0.15) is 47.8 Å². The zero-order valence-corrected chi connectivity index (χ0v) is 19.2. The highest BCUT2D eigenvalue weighted by atomic mass is 16.5. The summed E-state index contributed by atoms with van der Waals surface area (Å²) < 4.78 is 6.83. The Morgan fingerprint density at radius 3 is 2.85 bits per heavy atom. The van der Waals surface area contributed by atoms with Crippen LogP contribution in [0.2, 0.25) is 0 Å². The Bertz CT molecular complexity index is 1530. The van der Waals surface area contributed by atoms with Crippen LogP contribution in [0.25, 0.3) is 21.7 Å². The monoisotopic (exact) mass is 448 g/mol. The molecule has 5 aliphatic rings. The van der Waals surface area contributed by atoms with Crippen molar-refractivity contribution in [3.63, 3.8) is 0 Å². The lowest BCUT2D eigenvalue weighted by molar-refractivity contribution is -0.173. The molecule has 3 heterocycles. The minimum Gasteiger partial charge on any atom is -0.483 e. The van der Waals surface area contributed by atoms with E-state index < -0.39 is 5.60 Å². The molecule has 9 rings (SSSR count). The molecule has 0 unspecified atom stereocenters. The first-order chi connectivity index (χ1) is 16.7. The van der Waals surface area contributed by atoms with E-state index in [1.54, 1.807) is 0 Å². The molecule has 2 N–H and O–H groups in total. The number of benzene rings is 3. The number of aliphatic hydroxyl groups is 1. The lowest BCUT2D eigenvalue weighted by Gasteiger charge is -2.62. The summed E-state index contributed by atoms with van der Waals surface area (Å²) in [5, 5.41) is 16.7. The first-order valence-corrected chi connectivity index (χ1v) is 12.9. The number of nitrogens with one attached hydrogen (secondary N) is 1. The molecule has 0 radical (unpaired) electrons. The summed E-state index contributed by atoms with van der Waals surface area (Å²) in [5.74, 6) is 1.81. The minimum atomic E-state index is -0.821. The highest BCUT2D eigenvalue weighted by Crippen LogP contribution is 2.67. The van der Waals surface area contributed by atoms with Crippen molar-refractivity contribution in [3.8, 4) is 5.75 Å². The number of H-pyrrole nitrogens is 1. The molecule has 3 aromatic carbocycles. The molecule has 4 aromatic rings. The molecule has 170 valence electrons. The Morgan fingerprint density at radius 1 is 1.03 bits per heavy atom. The summed E-state index contributed by atoms with van der Waals surface area (Å²) >= 11 is 0. The summed E-state index contributed by atoms with van der Waals surface area (Å²) in [4.78, 5) is 6.49. The van der Waals surface area contributed by atoms with Crippen LogP contribution in [0.5, 0.6) is 5.75 Å². The lowest BCUT2D eigenvalue weighted by Crippen LogP contribution is -2.74. The Balaban J connectivity index is 1.33. The first-order valence-electron chi connectivity index (χ1n) is 12.9. The zero-order chi connectivity index (χ0) is 22.2. The number of hydrogen-bond donors (Lipinski definition) is 2. The number of aromatic nitrogens is 1. The fraction of sp³-hybridized carbons (Fsp3) is 0.400. The Morgan fingerprint density at radius 2 is 1.94 bits per heavy atom. The van der Waals surface area contributed by atoms with Crippen LogP contribution in [-0.2, 0) is 18.3 Å². The fourth-order valence-electron chi connectivity index (χ4n) is 8.34. The molecule has 1 saturated heterocycles. The summed E-state index contributed by atoms with van der Waals surface area (Å²) in [6.07, 6.45) is 5.11. The summed E-state index contributed by atoms with van der Waals surface area (Å²) in [6.45, 7) is 2.19. The van der Waals surface area contributed by atoms with Crippen LogP contribution in [0.15, 0.2) is 54.6 Å². The molecule has 2 bridgehead atoms. The van der Waals surface area contributed by atoms with Crippen molar-refractivity contribution in [2.24, 2.45) is 5.92 Å². The van der Waals surface area contributed by atoms with Gasteiger partial charge in [-0.3, -0.25) is 4.90 Å². The maximum absolute atomic E-state index is 12.9. The van der Waals surface area contributed by atoms with Crippen LogP contribution in [0.3, 0.4) is 0 Å². The predicted molar refractivity (Wildman–Crippen MR) is 132 cm³/mol. The molecule has 3 aliphatic carbocycles. The molecule has 1 saturated carbocycles. The number of nitrogens with zero attached hydrogens (tertiary/aromatic N) is 1. The van der Waals surface area contributed by atoms with E-state index in [-0.39, 0.29) is 17.6 Å². The average Bonchev–Trinajstić information content (AvgIpc) is 3.49. The van der Waals surface area contributed by atoms with E-state index in [4.69, 9.17) is 4.74 Å². The molecule has 34 heavy (non-hydrogen) atoms. The van der Waals surface area contributed by atoms with Crippen LogP contribution in [-0.4, -0.2) is 39.7 Å². The first kappa shape index (κ1) is 18.5. The van der Waals surface area contributed by atoms with Crippen molar-refractivity contribution in [3.05, 3.63) is 77.0 Å². The van der Waals surface area contributed by atoms with Crippen molar-refractivity contribution in [1.29, 1.82) is 0 Å². The molecule has 4 nitrogen and oxygen atoms in total. The largest absolute Gasteiger partial charge is 0.483 e. The maximum Gasteiger partial charge on any atom is 0.151 e. The minimum absolute atomic E-state index is 0.146. The smallest absolute Gasteiger partial charge is 0.151 e. The number of ether oxygens (including phenoxy) is 1. The van der Waals surface area contributed by atoms with E-state index in [1.165, 1.54) is 56.9 Å². The molecular weight excluding hydrogens is 420 g/mol. The number of likely N-dealkylation sites (tertiary alicyclic amines) is 1. The molecule has 1 spiro atoms. The number of rotatable bonds is 2. The molecule has 1 aromatic heterocycles. The molecule has 2 fully saturated rings. The van der Waals surface area contributed by atoms with Gasteiger partial charge >= 0.3 is 0 Å². The third-order valence-corrected chi connectivity index (χ3v) is 9.96. The lowest BCUT2D eigenvalue weighted by atomic mass is 9.49. The number of piperidine rings is 1. The number of aromatic amines is 1. The Hall–Kier alpha value is -2.82. The zero-order valence-electron chi connectivity index (χ0n) is 19.2. The van der Waals surface area contributed by atoms with E-state index in [0.717, 1.165) is 37.6 Å². The van der Waals surface area contributed by atoms with Gasteiger partial charge < -0.3 is 14.8 Å². The number of fused-ring (bicyclic) bond motifs is 6. The van der Waals surface area contributed by atoms with Crippen molar-refractivity contribution < 1.29 is 9.84 Å². The van der Waals surface area contributed by atoms with Crippen molar-refractivity contribution in [2.75, 3.05) is 13.1 Å². The van der Waals surface area contributed by atoms with Gasteiger partial charge in [-0.2, -0.15) is 0 Å². The predicted octanol–water partition coefficient (Wildman–Crippen LogP) is 5.02. The van der Waals surface area contributed by atoms with E-state index in [1.807, 2.05) is 0 Å². The highest BCUT2D eigenvalue weighted by molar-refractivity contribution is 6.07. The van der Waals surface area contributed by atoms with Gasteiger partial charge in [-0.05, 0) is 60.7 Å². The van der Waals surface area contributed by atoms with Crippen LogP contribution in [0, 0.1) is 5.92 Å².